The van der Waals surface area contributed by atoms with Crippen LogP contribution in [0.25, 0.3) is 11.0 Å². The number of amides is 3. The van der Waals surface area contributed by atoms with Crippen LogP contribution in [0.3, 0.4) is 0 Å². The van der Waals surface area contributed by atoms with Crippen LogP contribution in [-0.4, -0.2) is 46.0 Å². The van der Waals surface area contributed by atoms with E-state index in [9.17, 15) is 14.4 Å². The second kappa shape index (κ2) is 8.77. The number of aryl methyl sites for hydroxylation is 1. The van der Waals surface area contributed by atoms with E-state index in [-0.39, 0.29) is 24.2 Å². The number of imidazole rings is 1. The molecule has 0 saturated carbocycles. The van der Waals surface area contributed by atoms with Crippen molar-refractivity contribution in [2.45, 2.75) is 32.7 Å². The maximum atomic E-state index is 12.4. The van der Waals surface area contributed by atoms with Crippen LogP contribution in [-0.2, 0) is 4.79 Å². The van der Waals surface area contributed by atoms with E-state index in [4.69, 9.17) is 0 Å². The standard InChI is InChI=1S/C23H27N5O3/c1-15-6-5-8-18(16(15)2)24-22(30)26-21(29)14-27-12-10-17(11-13-27)28-20-9-4-3-7-19(20)25-23(28)31/h3-9,17H,10-14H2,1-2H3,(H,25,31)(H2,24,26,29,30). The number of carbonyl (C=O) groups excluding carboxylic acids is 2. The lowest BCUT2D eigenvalue weighted by molar-refractivity contribution is -0.121. The molecule has 0 radical (unpaired) electrons. The van der Waals surface area contributed by atoms with Gasteiger partial charge in [-0.2, -0.15) is 0 Å². The van der Waals surface area contributed by atoms with Crippen LogP contribution < -0.4 is 16.3 Å². The van der Waals surface area contributed by atoms with Crippen LogP contribution in [0.4, 0.5) is 10.5 Å². The zero-order valence-corrected chi connectivity index (χ0v) is 17.8. The van der Waals surface area contributed by atoms with Crippen LogP contribution in [0, 0.1) is 13.8 Å². The number of anilines is 1. The summed E-state index contributed by atoms with van der Waals surface area (Å²) >= 11 is 0. The molecule has 0 aliphatic carbocycles. The van der Waals surface area contributed by atoms with Gasteiger partial charge in [0, 0.05) is 24.8 Å². The molecule has 8 nitrogen and oxygen atoms in total. The van der Waals surface area contributed by atoms with Crippen molar-refractivity contribution in [1.82, 2.24) is 19.8 Å². The molecule has 3 aromatic rings. The normalized spacial score (nSPS) is 15.2. The minimum atomic E-state index is -0.529. The Balaban J connectivity index is 1.30. The fourth-order valence-electron chi connectivity index (χ4n) is 4.18. The monoisotopic (exact) mass is 421 g/mol. The molecule has 1 aromatic heterocycles. The molecule has 3 amide bonds. The first-order chi connectivity index (χ1) is 14.9. The predicted octanol–water partition coefficient (Wildman–Crippen LogP) is 2.93. The molecule has 1 aliphatic rings. The minimum Gasteiger partial charge on any atom is -0.307 e. The number of benzene rings is 2. The summed E-state index contributed by atoms with van der Waals surface area (Å²) in [6, 6.07) is 12.9. The van der Waals surface area contributed by atoms with E-state index < -0.39 is 6.03 Å². The van der Waals surface area contributed by atoms with E-state index in [1.807, 2.05) is 65.8 Å². The Bertz CT molecular complexity index is 1170. The topological polar surface area (TPSA) is 99.2 Å². The largest absolute Gasteiger partial charge is 0.326 e. The van der Waals surface area contributed by atoms with Gasteiger partial charge in [-0.3, -0.25) is 19.6 Å². The summed E-state index contributed by atoms with van der Waals surface area (Å²) in [4.78, 5) is 41.8. The Labute approximate surface area is 180 Å². The summed E-state index contributed by atoms with van der Waals surface area (Å²) in [5.41, 5.74) is 4.38. The number of piperidine rings is 1. The molecular weight excluding hydrogens is 394 g/mol. The number of rotatable bonds is 4. The molecule has 162 valence electrons. The molecule has 8 heteroatoms. The molecule has 0 unspecified atom stereocenters. The third-order valence-electron chi connectivity index (χ3n) is 6.02. The van der Waals surface area contributed by atoms with Gasteiger partial charge in [0.15, 0.2) is 0 Å². The van der Waals surface area contributed by atoms with Gasteiger partial charge in [0.05, 0.1) is 17.6 Å². The first-order valence-electron chi connectivity index (χ1n) is 10.5. The maximum absolute atomic E-state index is 12.4. The molecule has 1 aliphatic heterocycles. The van der Waals surface area contributed by atoms with Gasteiger partial charge >= 0.3 is 11.7 Å². The van der Waals surface area contributed by atoms with Crippen LogP contribution in [0.15, 0.2) is 47.3 Å². The van der Waals surface area contributed by atoms with E-state index >= 15 is 0 Å². The van der Waals surface area contributed by atoms with E-state index in [0.29, 0.717) is 18.8 Å². The zero-order chi connectivity index (χ0) is 22.0. The number of urea groups is 1. The number of hydrogen-bond acceptors (Lipinski definition) is 4. The number of carbonyl (C=O) groups is 2. The Hall–Kier alpha value is -3.39. The lowest BCUT2D eigenvalue weighted by Crippen LogP contribution is -2.45. The fourth-order valence-corrected chi connectivity index (χ4v) is 4.18. The molecule has 0 atom stereocenters. The van der Waals surface area contributed by atoms with Gasteiger partial charge in [-0.05, 0) is 56.0 Å². The van der Waals surface area contributed by atoms with Crippen LogP contribution >= 0.6 is 0 Å². The molecule has 3 N–H and O–H groups in total. The lowest BCUT2D eigenvalue weighted by Gasteiger charge is -2.31. The van der Waals surface area contributed by atoms with Gasteiger partial charge in [-0.15, -0.1) is 0 Å². The first-order valence-corrected chi connectivity index (χ1v) is 10.5. The molecule has 2 heterocycles. The number of imide groups is 1. The third-order valence-corrected chi connectivity index (χ3v) is 6.02. The highest BCUT2D eigenvalue weighted by atomic mass is 16.2. The van der Waals surface area contributed by atoms with Gasteiger partial charge in [0.2, 0.25) is 5.91 Å². The van der Waals surface area contributed by atoms with Crippen molar-refractivity contribution in [2.24, 2.45) is 0 Å². The van der Waals surface area contributed by atoms with Crippen molar-refractivity contribution in [3.63, 3.8) is 0 Å². The van der Waals surface area contributed by atoms with Crippen LogP contribution in [0.2, 0.25) is 0 Å². The summed E-state index contributed by atoms with van der Waals surface area (Å²) < 4.78 is 1.82. The Morgan fingerprint density at radius 1 is 1.06 bits per heavy atom. The molecule has 2 aromatic carbocycles. The number of nitrogens with one attached hydrogen (secondary N) is 3. The maximum Gasteiger partial charge on any atom is 0.326 e. The van der Waals surface area contributed by atoms with Gasteiger partial charge in [0.25, 0.3) is 0 Å². The number of H-pyrrole nitrogens is 1. The Kier molecular flexibility index (Phi) is 5.90. The van der Waals surface area contributed by atoms with E-state index in [1.165, 1.54) is 0 Å². The smallest absolute Gasteiger partial charge is 0.307 e. The second-order valence-corrected chi connectivity index (χ2v) is 8.07. The highest BCUT2D eigenvalue weighted by Gasteiger charge is 2.25. The average molecular weight is 422 g/mol. The average Bonchev–Trinajstić information content (AvgIpc) is 3.07. The molecule has 1 fully saturated rings. The number of para-hydroxylation sites is 2. The van der Waals surface area contributed by atoms with Crippen molar-refractivity contribution >= 4 is 28.7 Å². The number of aromatic nitrogens is 2. The Morgan fingerprint density at radius 2 is 1.81 bits per heavy atom. The third kappa shape index (κ3) is 4.54. The highest BCUT2D eigenvalue weighted by molar-refractivity contribution is 6.02. The van der Waals surface area contributed by atoms with Gasteiger partial charge < -0.3 is 10.3 Å². The molecule has 0 bridgehead atoms. The quantitative estimate of drug-likeness (QED) is 0.603. The molecule has 1 saturated heterocycles. The van der Waals surface area contributed by atoms with Gasteiger partial charge in [-0.1, -0.05) is 24.3 Å². The van der Waals surface area contributed by atoms with E-state index in [2.05, 4.69) is 15.6 Å². The summed E-state index contributed by atoms with van der Waals surface area (Å²) in [6.45, 7) is 5.41. The van der Waals surface area contributed by atoms with Crippen molar-refractivity contribution in [3.05, 3.63) is 64.1 Å². The number of fused-ring (bicyclic) bond motifs is 1. The van der Waals surface area contributed by atoms with Crippen molar-refractivity contribution in [3.8, 4) is 0 Å². The highest BCUT2D eigenvalue weighted by Crippen LogP contribution is 2.24. The molecular formula is C23H27N5O3. The van der Waals surface area contributed by atoms with E-state index in [0.717, 1.165) is 35.0 Å². The summed E-state index contributed by atoms with van der Waals surface area (Å²) in [5, 5.41) is 5.14. The number of aromatic amines is 1. The van der Waals surface area contributed by atoms with Crippen molar-refractivity contribution < 1.29 is 9.59 Å². The summed E-state index contributed by atoms with van der Waals surface area (Å²) in [5.74, 6) is -0.342. The minimum absolute atomic E-state index is 0.0931. The Morgan fingerprint density at radius 3 is 2.58 bits per heavy atom. The van der Waals surface area contributed by atoms with Crippen molar-refractivity contribution in [2.75, 3.05) is 25.0 Å². The second-order valence-electron chi connectivity index (χ2n) is 8.07. The summed E-state index contributed by atoms with van der Waals surface area (Å²) in [6.07, 6.45) is 1.54. The number of likely N-dealkylation sites (tertiary alicyclic amines) is 1. The fraction of sp³-hybridized carbons (Fsp3) is 0.348. The number of hydrogen-bond donors (Lipinski definition) is 3. The number of nitrogens with zero attached hydrogens (tertiary/aromatic N) is 2. The summed E-state index contributed by atoms with van der Waals surface area (Å²) in [7, 11) is 0. The predicted molar refractivity (Wildman–Crippen MR) is 120 cm³/mol. The lowest BCUT2D eigenvalue weighted by atomic mass is 10.0. The van der Waals surface area contributed by atoms with E-state index in [1.54, 1.807) is 0 Å². The van der Waals surface area contributed by atoms with Gasteiger partial charge in [-0.25, -0.2) is 9.59 Å². The van der Waals surface area contributed by atoms with Gasteiger partial charge in [0.1, 0.15) is 0 Å². The van der Waals surface area contributed by atoms with Crippen LogP contribution in [0.5, 0.6) is 0 Å². The van der Waals surface area contributed by atoms with Crippen molar-refractivity contribution in [1.29, 1.82) is 0 Å². The first kappa shape index (κ1) is 20.9. The SMILES string of the molecule is Cc1cccc(NC(=O)NC(=O)CN2CCC(n3c(=O)[nH]c4ccccc43)CC2)c1C. The molecule has 0 spiro atoms. The zero-order valence-electron chi connectivity index (χ0n) is 17.8. The molecule has 31 heavy (non-hydrogen) atoms. The van der Waals surface area contributed by atoms with Crippen LogP contribution in [0.1, 0.15) is 30.0 Å². The molecule has 4 rings (SSSR count).